The fourth-order valence-corrected chi connectivity index (χ4v) is 5.05. The lowest BCUT2D eigenvalue weighted by Gasteiger charge is -2.53. The highest BCUT2D eigenvalue weighted by Gasteiger charge is 2.68. The molecule has 0 aliphatic carbocycles. The molecule has 16 heteroatoms. The molecule has 12 nitrogen and oxygen atoms in total. The second kappa shape index (κ2) is 10.5. The Labute approximate surface area is 217 Å². The Bertz CT molecular complexity index is 1100. The number of phenolic OH excluding ortho intramolecular Hbond substituents is 1. The van der Waals surface area contributed by atoms with Crippen LogP contribution >= 0.6 is 46.7 Å². The zero-order valence-electron chi connectivity index (χ0n) is 17.4. The number of hydrogen-bond acceptors (Lipinski definition) is 9. The molecular weight excluding hydrogens is 551 g/mol. The van der Waals surface area contributed by atoms with Crippen LogP contribution in [0.1, 0.15) is 11.6 Å². The lowest BCUT2D eigenvalue weighted by Crippen LogP contribution is -2.82. The number of fused-ring (bicyclic) bond motifs is 1. The van der Waals surface area contributed by atoms with Gasteiger partial charge in [0.2, 0.25) is 11.4 Å². The van der Waals surface area contributed by atoms with Crippen molar-refractivity contribution in [3.63, 3.8) is 0 Å². The van der Waals surface area contributed by atoms with Gasteiger partial charge in [-0.2, -0.15) is 4.42 Å². The first-order valence-corrected chi connectivity index (χ1v) is 11.8. The van der Waals surface area contributed by atoms with Gasteiger partial charge in [0.15, 0.2) is 4.84 Å². The summed E-state index contributed by atoms with van der Waals surface area (Å²) in [5.41, 5.74) is 4.34. The summed E-state index contributed by atoms with van der Waals surface area (Å²) in [4.78, 5) is 60.5. The van der Waals surface area contributed by atoms with Gasteiger partial charge in [-0.05, 0) is 23.3 Å². The van der Waals surface area contributed by atoms with Gasteiger partial charge in [-0.25, -0.2) is 9.59 Å². The maximum atomic E-state index is 12.8. The summed E-state index contributed by atoms with van der Waals surface area (Å²) in [6, 6.07) is 4.11. The van der Waals surface area contributed by atoms with E-state index in [1.165, 1.54) is 30.5 Å². The number of nitrogens with two attached hydrogens (primary N) is 1. The van der Waals surface area contributed by atoms with E-state index in [0.717, 1.165) is 16.7 Å². The second-order valence-corrected chi connectivity index (χ2v) is 9.81. The van der Waals surface area contributed by atoms with Gasteiger partial charge in [0, 0.05) is 23.7 Å². The quantitative estimate of drug-likeness (QED) is 0.161. The van der Waals surface area contributed by atoms with Crippen LogP contribution in [-0.2, 0) is 23.9 Å². The molecule has 3 rings (SSSR count). The Balaban J connectivity index is 1.68. The molecule has 0 spiro atoms. The van der Waals surface area contributed by atoms with E-state index in [4.69, 9.17) is 45.4 Å². The van der Waals surface area contributed by atoms with Crippen LogP contribution in [0.4, 0.5) is 4.79 Å². The number of amides is 4. The number of carbonyl (C=O) groups is 5. The Morgan fingerprint density at radius 3 is 2.49 bits per heavy atom. The van der Waals surface area contributed by atoms with Crippen LogP contribution in [0.3, 0.4) is 0 Å². The predicted octanol–water partition coefficient (Wildman–Crippen LogP) is 1.05. The van der Waals surface area contributed by atoms with Crippen molar-refractivity contribution in [3.8, 4) is 5.75 Å². The lowest BCUT2D eigenvalue weighted by molar-refractivity contribution is -0.169. The molecule has 2 aliphatic rings. The molecule has 1 aromatic carbocycles. The first kappa shape index (κ1) is 26.9. The van der Waals surface area contributed by atoms with Gasteiger partial charge in [0.1, 0.15) is 23.8 Å². The third-order valence-corrected chi connectivity index (χ3v) is 7.17. The minimum atomic E-state index is -2.26. The van der Waals surface area contributed by atoms with Crippen molar-refractivity contribution in [2.24, 2.45) is 5.73 Å². The second-order valence-electron chi connectivity index (χ2n) is 7.31. The zero-order valence-corrected chi connectivity index (χ0v) is 20.5. The molecule has 2 heterocycles. The number of thioether (sulfide) groups is 1. The van der Waals surface area contributed by atoms with Crippen LogP contribution < -0.4 is 11.1 Å². The number of aromatic hydroxyl groups is 1. The van der Waals surface area contributed by atoms with E-state index in [1.54, 1.807) is 0 Å². The molecule has 0 aromatic heterocycles. The molecule has 1 aromatic rings. The van der Waals surface area contributed by atoms with E-state index < -0.39 is 51.6 Å². The topological polar surface area (TPSA) is 180 Å². The Kier molecular flexibility index (Phi) is 8.07. The van der Waals surface area contributed by atoms with Gasteiger partial charge >= 0.3 is 12.1 Å². The molecule has 2 aliphatic heterocycles. The number of ether oxygens (including phenoxy) is 1. The van der Waals surface area contributed by atoms with Crippen molar-refractivity contribution in [2.75, 3.05) is 12.4 Å². The van der Waals surface area contributed by atoms with Crippen molar-refractivity contribution in [1.29, 1.82) is 0 Å². The molecule has 188 valence electrons. The Morgan fingerprint density at radius 1 is 1.29 bits per heavy atom. The monoisotopic (exact) mass is 566 g/mol. The van der Waals surface area contributed by atoms with E-state index in [2.05, 4.69) is 5.32 Å². The number of halogens is 3. The summed E-state index contributed by atoms with van der Waals surface area (Å²) in [6.07, 6.45) is 0.0392. The SMILES string of the molecule is NC(C(=O)N[C@@]1(C(=O)O)C(=O)N2C=C(COC(=O)N(Cl)C(=O)C(Cl)Cl)CS[C@H]21)c1ccc(O)cc1. The average Bonchev–Trinajstić information content (AvgIpc) is 2.83. The standard InChI is InChI=1S/C19H17Cl3N4O8S/c20-12(21)14(29)26(22)18(33)34-6-8-5-25-15(30)19(17(31)32,16(25)35-7-8)24-13(28)11(23)9-1-3-10(27)4-2-9/h1-5,11-12,16,27H,6-7,23H2,(H,24,28)(H,31,32)/t11?,16-,19-/m0/s1. The number of phenols is 1. The summed E-state index contributed by atoms with van der Waals surface area (Å²) in [5, 5.41) is 20.4. The van der Waals surface area contributed by atoms with Crippen molar-refractivity contribution >= 4 is 76.5 Å². The van der Waals surface area contributed by atoms with E-state index >= 15 is 0 Å². The zero-order chi connectivity index (χ0) is 26.1. The molecule has 0 bridgehead atoms. The smallest absolute Gasteiger partial charge is 0.432 e. The summed E-state index contributed by atoms with van der Waals surface area (Å²) < 4.78 is 4.96. The molecule has 0 radical (unpaired) electrons. The first-order valence-electron chi connectivity index (χ1n) is 9.58. The van der Waals surface area contributed by atoms with Crippen LogP contribution in [0, 0.1) is 0 Å². The molecule has 4 amide bonds. The molecule has 1 saturated heterocycles. The van der Waals surface area contributed by atoms with Crippen molar-refractivity contribution in [1.82, 2.24) is 14.6 Å². The van der Waals surface area contributed by atoms with Crippen LogP contribution in [0.2, 0.25) is 0 Å². The normalized spacial score (nSPS) is 21.9. The summed E-state index contributed by atoms with van der Waals surface area (Å²) in [6.45, 7) is -0.369. The number of nitrogens with zero attached hydrogens (tertiary/aromatic N) is 2. The molecule has 5 N–H and O–H groups in total. The number of hydrogen-bond donors (Lipinski definition) is 4. The van der Waals surface area contributed by atoms with E-state index in [0.29, 0.717) is 11.1 Å². The van der Waals surface area contributed by atoms with E-state index in [9.17, 15) is 34.2 Å². The van der Waals surface area contributed by atoms with Gasteiger partial charge in [0.25, 0.3) is 11.8 Å². The maximum absolute atomic E-state index is 12.8. The van der Waals surface area contributed by atoms with Gasteiger partial charge in [-0.1, -0.05) is 35.3 Å². The number of carbonyl (C=O) groups excluding carboxylic acids is 4. The van der Waals surface area contributed by atoms with E-state index in [1.807, 2.05) is 0 Å². The Hall–Kier alpha value is -2.71. The molecule has 0 saturated carbocycles. The van der Waals surface area contributed by atoms with Gasteiger partial charge in [-0.15, -0.1) is 11.8 Å². The minimum Gasteiger partial charge on any atom is -0.508 e. The van der Waals surface area contributed by atoms with Crippen LogP contribution in [0.5, 0.6) is 5.75 Å². The average molecular weight is 568 g/mol. The largest absolute Gasteiger partial charge is 0.508 e. The summed E-state index contributed by atoms with van der Waals surface area (Å²) in [7, 11) is 0. The highest BCUT2D eigenvalue weighted by Crippen LogP contribution is 2.43. The highest BCUT2D eigenvalue weighted by molar-refractivity contribution is 8.00. The number of carboxylic acids is 1. The molecule has 1 fully saturated rings. The van der Waals surface area contributed by atoms with Crippen LogP contribution in [-0.4, -0.2) is 77.4 Å². The van der Waals surface area contributed by atoms with Gasteiger partial charge in [-0.3, -0.25) is 14.4 Å². The third kappa shape index (κ3) is 5.14. The fraction of sp³-hybridized carbons (Fsp3) is 0.316. The number of nitrogens with one attached hydrogen (secondary N) is 1. The number of benzene rings is 1. The first-order chi connectivity index (χ1) is 16.4. The van der Waals surface area contributed by atoms with Crippen molar-refractivity contribution < 1.29 is 38.9 Å². The van der Waals surface area contributed by atoms with Crippen molar-refractivity contribution in [3.05, 3.63) is 41.6 Å². The number of alkyl halides is 2. The van der Waals surface area contributed by atoms with Gasteiger partial charge in [0.05, 0.1) is 0 Å². The fourth-order valence-electron chi connectivity index (χ4n) is 3.25. The van der Waals surface area contributed by atoms with Crippen LogP contribution in [0.25, 0.3) is 0 Å². The molecule has 35 heavy (non-hydrogen) atoms. The van der Waals surface area contributed by atoms with Crippen molar-refractivity contribution in [2.45, 2.75) is 21.8 Å². The number of β-lactam (4-membered cyclic amide) rings is 1. The van der Waals surface area contributed by atoms with Crippen LogP contribution in [0.15, 0.2) is 36.0 Å². The number of carboxylic acid groups (broad SMARTS) is 1. The number of imide groups is 1. The predicted molar refractivity (Wildman–Crippen MR) is 124 cm³/mol. The lowest BCUT2D eigenvalue weighted by atomic mass is 9.87. The minimum absolute atomic E-state index is 0.0484. The highest BCUT2D eigenvalue weighted by atomic mass is 35.5. The van der Waals surface area contributed by atoms with E-state index in [-0.39, 0.29) is 22.5 Å². The summed E-state index contributed by atoms with van der Waals surface area (Å²) >= 11 is 17.2. The molecular formula is C19H17Cl3N4O8S. The number of rotatable bonds is 7. The number of aliphatic carboxylic acids is 1. The third-order valence-electron chi connectivity index (χ3n) is 5.06. The Morgan fingerprint density at radius 2 is 1.91 bits per heavy atom. The molecule has 1 unspecified atom stereocenters. The maximum Gasteiger partial charge on any atom is 0.432 e. The molecule has 3 atom stereocenters. The summed E-state index contributed by atoms with van der Waals surface area (Å²) in [5.74, 6) is -4.44. The van der Waals surface area contributed by atoms with Gasteiger partial charge < -0.3 is 30.9 Å².